The molecular formula is C15H23N3O. The Morgan fingerprint density at radius 1 is 1.37 bits per heavy atom. The summed E-state index contributed by atoms with van der Waals surface area (Å²) in [5.74, 6) is 0.778. The third-order valence-electron chi connectivity index (χ3n) is 3.74. The Labute approximate surface area is 115 Å². The van der Waals surface area contributed by atoms with Crippen molar-refractivity contribution < 1.29 is 4.79 Å². The van der Waals surface area contributed by atoms with E-state index in [1.807, 2.05) is 6.92 Å². The number of hydrogen-bond acceptors (Lipinski definition) is 3. The molecule has 1 amide bonds. The molecule has 0 bridgehead atoms. The van der Waals surface area contributed by atoms with Crippen molar-refractivity contribution in [2.45, 2.75) is 57.9 Å². The van der Waals surface area contributed by atoms with Gasteiger partial charge < -0.3 is 5.32 Å². The van der Waals surface area contributed by atoms with E-state index in [1.54, 1.807) is 18.6 Å². The highest BCUT2D eigenvalue weighted by molar-refractivity contribution is 5.76. The number of carbonyl (C=O) groups excluding carboxylic acids is 1. The summed E-state index contributed by atoms with van der Waals surface area (Å²) < 4.78 is 0. The van der Waals surface area contributed by atoms with E-state index in [0.717, 1.165) is 12.1 Å². The molecule has 4 nitrogen and oxygen atoms in total. The zero-order valence-electron chi connectivity index (χ0n) is 11.6. The summed E-state index contributed by atoms with van der Waals surface area (Å²) in [6.07, 6.45) is 12.9. The largest absolute Gasteiger partial charge is 0.353 e. The van der Waals surface area contributed by atoms with Gasteiger partial charge in [-0.25, -0.2) is 0 Å². The van der Waals surface area contributed by atoms with Crippen LogP contribution in [0.3, 0.4) is 0 Å². The molecule has 1 N–H and O–H groups in total. The highest BCUT2D eigenvalue weighted by atomic mass is 16.1. The lowest BCUT2D eigenvalue weighted by Crippen LogP contribution is -2.35. The van der Waals surface area contributed by atoms with Crippen LogP contribution >= 0.6 is 0 Å². The van der Waals surface area contributed by atoms with Gasteiger partial charge in [0.2, 0.25) is 5.91 Å². The van der Waals surface area contributed by atoms with E-state index in [2.05, 4.69) is 15.3 Å². The number of rotatable bonds is 5. The van der Waals surface area contributed by atoms with Crippen LogP contribution in [0, 0.1) is 5.92 Å². The Balaban J connectivity index is 1.72. The molecule has 0 saturated heterocycles. The van der Waals surface area contributed by atoms with Crippen molar-refractivity contribution in [2.24, 2.45) is 5.92 Å². The second kappa shape index (κ2) is 7.22. The molecule has 0 unspecified atom stereocenters. The number of nitrogens with one attached hydrogen (secondary N) is 1. The quantitative estimate of drug-likeness (QED) is 0.886. The summed E-state index contributed by atoms with van der Waals surface area (Å²) in [7, 11) is 0. The molecule has 2 rings (SSSR count). The van der Waals surface area contributed by atoms with Crippen LogP contribution in [0.4, 0.5) is 0 Å². The van der Waals surface area contributed by atoms with Crippen LogP contribution in [-0.4, -0.2) is 21.9 Å². The minimum atomic E-state index is 0.118. The van der Waals surface area contributed by atoms with Crippen LogP contribution in [0.25, 0.3) is 0 Å². The SMILES string of the molecule is C[C@@H](Cc1cnccn1)NC(=O)CC1CCCCC1. The van der Waals surface area contributed by atoms with E-state index in [0.29, 0.717) is 12.3 Å². The van der Waals surface area contributed by atoms with Crippen LogP contribution in [0.1, 0.15) is 51.1 Å². The third kappa shape index (κ3) is 4.97. The fraction of sp³-hybridized carbons (Fsp3) is 0.667. The smallest absolute Gasteiger partial charge is 0.220 e. The first kappa shape index (κ1) is 14.0. The first-order valence-corrected chi connectivity index (χ1v) is 7.28. The van der Waals surface area contributed by atoms with Crippen molar-refractivity contribution in [1.82, 2.24) is 15.3 Å². The van der Waals surface area contributed by atoms with E-state index < -0.39 is 0 Å². The molecule has 0 aliphatic heterocycles. The maximum absolute atomic E-state index is 12.0. The first-order chi connectivity index (χ1) is 9.24. The highest BCUT2D eigenvalue weighted by Crippen LogP contribution is 2.26. The van der Waals surface area contributed by atoms with Crippen LogP contribution < -0.4 is 5.32 Å². The van der Waals surface area contributed by atoms with Gasteiger partial charge in [-0.05, 0) is 25.7 Å². The summed E-state index contributed by atoms with van der Waals surface area (Å²) in [6, 6.07) is 0.118. The van der Waals surface area contributed by atoms with E-state index in [1.165, 1.54) is 32.1 Å². The van der Waals surface area contributed by atoms with Crippen LogP contribution in [0.5, 0.6) is 0 Å². The van der Waals surface area contributed by atoms with Crippen molar-refractivity contribution in [3.8, 4) is 0 Å². The van der Waals surface area contributed by atoms with Crippen molar-refractivity contribution in [3.05, 3.63) is 24.3 Å². The Kier molecular flexibility index (Phi) is 5.31. The van der Waals surface area contributed by atoms with Crippen molar-refractivity contribution in [3.63, 3.8) is 0 Å². The summed E-state index contributed by atoms with van der Waals surface area (Å²) in [5, 5.41) is 3.07. The highest BCUT2D eigenvalue weighted by Gasteiger charge is 2.18. The Morgan fingerprint density at radius 2 is 2.16 bits per heavy atom. The predicted molar refractivity (Wildman–Crippen MR) is 74.5 cm³/mol. The molecule has 104 valence electrons. The monoisotopic (exact) mass is 261 g/mol. The van der Waals surface area contributed by atoms with Gasteiger partial charge in [0.1, 0.15) is 0 Å². The van der Waals surface area contributed by atoms with Gasteiger partial charge in [0, 0.05) is 37.5 Å². The molecule has 0 spiro atoms. The Morgan fingerprint density at radius 3 is 2.84 bits per heavy atom. The zero-order valence-corrected chi connectivity index (χ0v) is 11.6. The lowest BCUT2D eigenvalue weighted by molar-refractivity contribution is -0.122. The van der Waals surface area contributed by atoms with E-state index in [4.69, 9.17) is 0 Å². The molecule has 1 heterocycles. The molecule has 1 aromatic rings. The standard InChI is InChI=1S/C15H23N3O/c1-12(9-14-11-16-7-8-17-14)18-15(19)10-13-5-3-2-4-6-13/h7-8,11-13H,2-6,9-10H2,1H3,(H,18,19)/t12-/m0/s1. The summed E-state index contributed by atoms with van der Waals surface area (Å²) in [4.78, 5) is 20.2. The van der Waals surface area contributed by atoms with Gasteiger partial charge in [-0.2, -0.15) is 0 Å². The second-order valence-electron chi connectivity index (χ2n) is 5.58. The van der Waals surface area contributed by atoms with Gasteiger partial charge in [-0.1, -0.05) is 19.3 Å². The summed E-state index contributed by atoms with van der Waals surface area (Å²) in [6.45, 7) is 2.02. The molecule has 1 fully saturated rings. The first-order valence-electron chi connectivity index (χ1n) is 7.28. The summed E-state index contributed by atoms with van der Waals surface area (Å²) >= 11 is 0. The average molecular weight is 261 g/mol. The molecule has 0 radical (unpaired) electrons. The van der Waals surface area contributed by atoms with E-state index >= 15 is 0 Å². The fourth-order valence-electron chi connectivity index (χ4n) is 2.79. The van der Waals surface area contributed by atoms with Gasteiger partial charge >= 0.3 is 0 Å². The fourth-order valence-corrected chi connectivity index (χ4v) is 2.79. The third-order valence-corrected chi connectivity index (χ3v) is 3.74. The number of hydrogen-bond donors (Lipinski definition) is 1. The lowest BCUT2D eigenvalue weighted by atomic mass is 9.87. The average Bonchev–Trinajstić information content (AvgIpc) is 2.40. The molecular weight excluding hydrogens is 238 g/mol. The van der Waals surface area contributed by atoms with Gasteiger partial charge in [0.05, 0.1) is 5.69 Å². The minimum absolute atomic E-state index is 0.118. The van der Waals surface area contributed by atoms with Gasteiger partial charge in [-0.3, -0.25) is 14.8 Å². The molecule has 1 aliphatic carbocycles. The number of amides is 1. The molecule has 1 aliphatic rings. The minimum Gasteiger partial charge on any atom is -0.353 e. The van der Waals surface area contributed by atoms with Crippen molar-refractivity contribution in [1.29, 1.82) is 0 Å². The van der Waals surface area contributed by atoms with E-state index in [-0.39, 0.29) is 11.9 Å². The molecule has 0 aromatic carbocycles. The number of aromatic nitrogens is 2. The molecule has 1 atom stereocenters. The molecule has 1 aromatic heterocycles. The van der Waals surface area contributed by atoms with Crippen molar-refractivity contribution in [2.75, 3.05) is 0 Å². The summed E-state index contributed by atoms with van der Waals surface area (Å²) in [5.41, 5.74) is 0.924. The van der Waals surface area contributed by atoms with Gasteiger partial charge in [0.15, 0.2) is 0 Å². The number of nitrogens with zero attached hydrogens (tertiary/aromatic N) is 2. The lowest BCUT2D eigenvalue weighted by Gasteiger charge is -2.22. The maximum Gasteiger partial charge on any atom is 0.220 e. The second-order valence-corrected chi connectivity index (χ2v) is 5.58. The topological polar surface area (TPSA) is 54.9 Å². The maximum atomic E-state index is 12.0. The van der Waals surface area contributed by atoms with Gasteiger partial charge in [0.25, 0.3) is 0 Å². The van der Waals surface area contributed by atoms with E-state index in [9.17, 15) is 4.79 Å². The predicted octanol–water partition coefficient (Wildman–Crippen LogP) is 2.49. The molecule has 19 heavy (non-hydrogen) atoms. The van der Waals surface area contributed by atoms with Crippen LogP contribution in [0.15, 0.2) is 18.6 Å². The zero-order chi connectivity index (χ0) is 13.5. The van der Waals surface area contributed by atoms with Crippen LogP contribution in [0.2, 0.25) is 0 Å². The Hall–Kier alpha value is -1.45. The van der Waals surface area contributed by atoms with Crippen molar-refractivity contribution >= 4 is 5.91 Å². The Bertz CT molecular complexity index is 388. The molecule has 1 saturated carbocycles. The normalized spacial score (nSPS) is 17.9. The molecule has 4 heteroatoms. The van der Waals surface area contributed by atoms with Gasteiger partial charge in [-0.15, -0.1) is 0 Å². The number of carbonyl (C=O) groups is 1. The van der Waals surface area contributed by atoms with Crippen LogP contribution in [-0.2, 0) is 11.2 Å².